The van der Waals surface area contributed by atoms with Crippen LogP contribution in [-0.2, 0) is 21.2 Å². The van der Waals surface area contributed by atoms with Crippen molar-refractivity contribution in [2.24, 2.45) is 0 Å². The lowest BCUT2D eigenvalue weighted by atomic mass is 10.2. The Morgan fingerprint density at radius 2 is 1.37 bits per heavy atom. The topological polar surface area (TPSA) is 77.9 Å². The monoisotopic (exact) mass is 446 g/mol. The van der Waals surface area contributed by atoms with E-state index in [-0.39, 0.29) is 11.3 Å². The van der Waals surface area contributed by atoms with E-state index in [1.54, 1.807) is 12.1 Å². The standard InChI is InChI=1S/C15H22N2O4S.4C2H6/c1-2-16-8-3-9-17(11-10-16)22(20,21)14-6-4-13(5-7-14)12-15(18)19;4*1-2/h4-7H,2-3,8-12H2,1H3,(H,18,19);4*1-2H3. The predicted octanol–water partition coefficient (Wildman–Crippen LogP) is 5.13. The normalized spacial score (nSPS) is 14.0. The van der Waals surface area contributed by atoms with Gasteiger partial charge in [-0.25, -0.2) is 8.42 Å². The molecule has 0 radical (unpaired) electrons. The third-order valence-electron chi connectivity index (χ3n) is 3.91. The van der Waals surface area contributed by atoms with Crippen LogP contribution in [0.5, 0.6) is 0 Å². The molecule has 0 aromatic heterocycles. The number of carboxylic acid groups (broad SMARTS) is 1. The molecule has 0 unspecified atom stereocenters. The van der Waals surface area contributed by atoms with Crippen LogP contribution in [0.2, 0.25) is 0 Å². The summed E-state index contributed by atoms with van der Waals surface area (Å²) >= 11 is 0. The van der Waals surface area contributed by atoms with Crippen molar-refractivity contribution in [3.8, 4) is 0 Å². The van der Waals surface area contributed by atoms with Crippen molar-refractivity contribution in [1.29, 1.82) is 0 Å². The van der Waals surface area contributed by atoms with Crippen LogP contribution < -0.4 is 0 Å². The molecule has 7 heteroatoms. The molecule has 6 nitrogen and oxygen atoms in total. The number of hydrogen-bond donors (Lipinski definition) is 1. The molecule has 1 aliphatic rings. The van der Waals surface area contributed by atoms with E-state index in [9.17, 15) is 13.2 Å². The highest BCUT2D eigenvalue weighted by molar-refractivity contribution is 7.89. The largest absolute Gasteiger partial charge is 0.481 e. The van der Waals surface area contributed by atoms with Gasteiger partial charge in [0.15, 0.2) is 0 Å². The summed E-state index contributed by atoms with van der Waals surface area (Å²) in [6.07, 6.45) is 0.722. The predicted molar refractivity (Wildman–Crippen MR) is 129 cm³/mol. The zero-order valence-electron chi connectivity index (χ0n) is 20.7. The van der Waals surface area contributed by atoms with Gasteiger partial charge in [-0.15, -0.1) is 0 Å². The maximum Gasteiger partial charge on any atom is 0.307 e. The molecule has 0 aliphatic carbocycles. The molecule has 30 heavy (non-hydrogen) atoms. The van der Waals surface area contributed by atoms with E-state index in [1.165, 1.54) is 16.4 Å². The van der Waals surface area contributed by atoms with Crippen molar-refractivity contribution in [3.63, 3.8) is 0 Å². The number of carbonyl (C=O) groups is 1. The second-order valence-corrected chi connectivity index (χ2v) is 7.34. The Kier molecular flexibility index (Phi) is 23.0. The minimum atomic E-state index is -3.50. The van der Waals surface area contributed by atoms with Crippen LogP contribution in [0.3, 0.4) is 0 Å². The molecular weight excluding hydrogens is 400 g/mol. The summed E-state index contributed by atoms with van der Waals surface area (Å²) in [5, 5.41) is 8.75. The molecule has 0 bridgehead atoms. The second kappa shape index (κ2) is 20.8. The summed E-state index contributed by atoms with van der Waals surface area (Å²) in [7, 11) is -3.50. The lowest BCUT2D eigenvalue weighted by Gasteiger charge is -2.21. The highest BCUT2D eigenvalue weighted by atomic mass is 32.2. The molecule has 0 atom stereocenters. The van der Waals surface area contributed by atoms with Crippen molar-refractivity contribution in [2.75, 3.05) is 32.7 Å². The molecule has 0 amide bonds. The molecule has 1 N–H and O–H groups in total. The first-order chi connectivity index (χ1) is 14.4. The summed E-state index contributed by atoms with van der Waals surface area (Å²) in [4.78, 5) is 13.1. The van der Waals surface area contributed by atoms with Gasteiger partial charge < -0.3 is 10.0 Å². The van der Waals surface area contributed by atoms with Crippen LogP contribution in [-0.4, -0.2) is 61.4 Å². The van der Waals surface area contributed by atoms with E-state index in [0.717, 1.165) is 26.1 Å². The molecule has 1 saturated heterocycles. The summed E-state index contributed by atoms with van der Waals surface area (Å²) in [6, 6.07) is 6.13. The fraction of sp³-hybridized carbons (Fsp3) is 0.696. The summed E-state index contributed by atoms with van der Waals surface area (Å²) in [5.41, 5.74) is 0.597. The fourth-order valence-corrected chi connectivity index (χ4v) is 4.08. The molecule has 1 aromatic carbocycles. The average Bonchev–Trinajstić information content (AvgIpc) is 3.06. The van der Waals surface area contributed by atoms with Gasteiger partial charge in [-0.1, -0.05) is 74.4 Å². The lowest BCUT2D eigenvalue weighted by Crippen LogP contribution is -2.35. The van der Waals surface area contributed by atoms with E-state index in [1.807, 2.05) is 55.4 Å². The molecule has 1 aromatic rings. The first kappa shape index (κ1) is 33.2. The highest BCUT2D eigenvalue weighted by Crippen LogP contribution is 2.18. The van der Waals surface area contributed by atoms with Crippen LogP contribution in [0.4, 0.5) is 0 Å². The first-order valence-corrected chi connectivity index (χ1v) is 12.9. The first-order valence-electron chi connectivity index (χ1n) is 11.5. The molecule has 0 saturated carbocycles. The third kappa shape index (κ3) is 12.3. The van der Waals surface area contributed by atoms with Gasteiger partial charge in [0.1, 0.15) is 0 Å². The van der Waals surface area contributed by atoms with E-state index >= 15 is 0 Å². The van der Waals surface area contributed by atoms with Crippen LogP contribution in [0.1, 0.15) is 74.3 Å². The number of nitrogens with zero attached hydrogens (tertiary/aromatic N) is 2. The SMILES string of the molecule is CC.CC.CC.CC.CCN1CCCN(S(=O)(=O)c2ccc(CC(=O)O)cc2)CC1. The van der Waals surface area contributed by atoms with Crippen LogP contribution >= 0.6 is 0 Å². The smallest absolute Gasteiger partial charge is 0.307 e. The Morgan fingerprint density at radius 1 is 0.867 bits per heavy atom. The number of aliphatic carboxylic acids is 1. The number of benzene rings is 1. The molecule has 1 fully saturated rings. The van der Waals surface area contributed by atoms with Crippen molar-refractivity contribution < 1.29 is 18.3 Å². The van der Waals surface area contributed by atoms with E-state index in [2.05, 4.69) is 11.8 Å². The van der Waals surface area contributed by atoms with E-state index in [4.69, 9.17) is 5.11 Å². The summed E-state index contributed by atoms with van der Waals surface area (Å²) < 4.78 is 26.8. The summed E-state index contributed by atoms with van der Waals surface area (Å²) in [6.45, 7) is 21.7. The van der Waals surface area contributed by atoms with Crippen LogP contribution in [0, 0.1) is 0 Å². The Labute approximate surface area is 186 Å². The quantitative estimate of drug-likeness (QED) is 0.678. The summed E-state index contributed by atoms with van der Waals surface area (Å²) in [5.74, 6) is -0.928. The maximum atomic E-state index is 12.7. The Hall–Kier alpha value is -1.44. The molecule has 0 spiro atoms. The van der Waals surface area contributed by atoms with Gasteiger partial charge in [0.25, 0.3) is 0 Å². The minimum Gasteiger partial charge on any atom is -0.481 e. The molecule has 1 aliphatic heterocycles. The molecule has 178 valence electrons. The van der Waals surface area contributed by atoms with E-state index in [0.29, 0.717) is 18.7 Å². The fourth-order valence-electron chi connectivity index (χ4n) is 2.61. The highest BCUT2D eigenvalue weighted by Gasteiger charge is 2.26. The Bertz CT molecular complexity index is 617. The second-order valence-electron chi connectivity index (χ2n) is 5.41. The Morgan fingerprint density at radius 3 is 1.80 bits per heavy atom. The van der Waals surface area contributed by atoms with Gasteiger partial charge in [-0.05, 0) is 37.2 Å². The lowest BCUT2D eigenvalue weighted by molar-refractivity contribution is -0.136. The number of hydrogen-bond acceptors (Lipinski definition) is 4. The van der Waals surface area contributed by atoms with Crippen LogP contribution in [0.15, 0.2) is 29.2 Å². The van der Waals surface area contributed by atoms with Gasteiger partial charge in [0.2, 0.25) is 10.0 Å². The molecular formula is C23H46N2O4S. The Balaban J connectivity index is -0.000000815. The van der Waals surface area contributed by atoms with Crippen molar-refractivity contribution in [2.45, 2.75) is 80.1 Å². The molecule has 1 heterocycles. The van der Waals surface area contributed by atoms with Crippen LogP contribution in [0.25, 0.3) is 0 Å². The zero-order chi connectivity index (χ0) is 24.2. The number of likely N-dealkylation sites (N-methyl/N-ethyl adjacent to an activating group) is 1. The zero-order valence-corrected chi connectivity index (χ0v) is 21.6. The van der Waals surface area contributed by atoms with Gasteiger partial charge in [0.05, 0.1) is 11.3 Å². The van der Waals surface area contributed by atoms with Gasteiger partial charge in [-0.2, -0.15) is 4.31 Å². The number of sulfonamides is 1. The molecule has 2 rings (SSSR count). The number of carboxylic acids is 1. The van der Waals surface area contributed by atoms with Crippen molar-refractivity contribution >= 4 is 16.0 Å². The number of rotatable bonds is 5. The van der Waals surface area contributed by atoms with Gasteiger partial charge in [-0.3, -0.25) is 4.79 Å². The van der Waals surface area contributed by atoms with Gasteiger partial charge in [0, 0.05) is 19.6 Å². The van der Waals surface area contributed by atoms with Crippen molar-refractivity contribution in [1.82, 2.24) is 9.21 Å². The van der Waals surface area contributed by atoms with Crippen molar-refractivity contribution in [3.05, 3.63) is 29.8 Å². The minimum absolute atomic E-state index is 0.102. The average molecular weight is 447 g/mol. The maximum absolute atomic E-state index is 12.7. The van der Waals surface area contributed by atoms with E-state index < -0.39 is 16.0 Å². The third-order valence-corrected chi connectivity index (χ3v) is 5.82. The van der Waals surface area contributed by atoms with Gasteiger partial charge >= 0.3 is 5.97 Å².